The van der Waals surface area contributed by atoms with E-state index in [9.17, 15) is 18.0 Å². The van der Waals surface area contributed by atoms with Crippen molar-refractivity contribution in [3.63, 3.8) is 0 Å². The van der Waals surface area contributed by atoms with Crippen LogP contribution in [0.3, 0.4) is 0 Å². The van der Waals surface area contributed by atoms with Crippen molar-refractivity contribution in [3.05, 3.63) is 70.9 Å². The van der Waals surface area contributed by atoms with Gasteiger partial charge in [-0.2, -0.15) is 0 Å². The molecule has 0 aromatic heterocycles. The van der Waals surface area contributed by atoms with Gasteiger partial charge in [0.1, 0.15) is 5.75 Å². The SMILES string of the molecule is CCOC(=O)C1=C(CS(=O)(=O)c2ccc(C)cc2)NC(=O)N[C@H]1c1ccccc1OCC. The molecular weight excluding hydrogens is 432 g/mol. The molecule has 170 valence electrons. The second kappa shape index (κ2) is 9.86. The fourth-order valence-electron chi connectivity index (χ4n) is 3.44. The number of amides is 2. The molecule has 9 heteroatoms. The van der Waals surface area contributed by atoms with Crippen molar-refractivity contribution in [2.24, 2.45) is 0 Å². The summed E-state index contributed by atoms with van der Waals surface area (Å²) in [7, 11) is -3.85. The Hall–Kier alpha value is -3.33. The van der Waals surface area contributed by atoms with E-state index in [1.54, 1.807) is 43.3 Å². The molecule has 2 amide bonds. The van der Waals surface area contributed by atoms with E-state index in [0.717, 1.165) is 5.56 Å². The van der Waals surface area contributed by atoms with E-state index < -0.39 is 33.6 Å². The van der Waals surface area contributed by atoms with E-state index in [4.69, 9.17) is 9.47 Å². The summed E-state index contributed by atoms with van der Waals surface area (Å²) in [6.07, 6.45) is 0. The van der Waals surface area contributed by atoms with Gasteiger partial charge >= 0.3 is 12.0 Å². The van der Waals surface area contributed by atoms with Crippen LogP contribution in [-0.2, 0) is 19.4 Å². The second-order valence-electron chi connectivity index (χ2n) is 7.19. The molecule has 1 heterocycles. The van der Waals surface area contributed by atoms with Crippen LogP contribution in [0.15, 0.2) is 64.7 Å². The zero-order valence-electron chi connectivity index (χ0n) is 18.2. The zero-order chi connectivity index (χ0) is 23.3. The van der Waals surface area contributed by atoms with Crippen LogP contribution in [0.25, 0.3) is 0 Å². The maximum atomic E-state index is 13.1. The van der Waals surface area contributed by atoms with Gasteiger partial charge in [-0.1, -0.05) is 35.9 Å². The molecule has 32 heavy (non-hydrogen) atoms. The molecule has 1 aliphatic heterocycles. The highest BCUT2D eigenvalue weighted by atomic mass is 32.2. The lowest BCUT2D eigenvalue weighted by atomic mass is 9.95. The van der Waals surface area contributed by atoms with Crippen LogP contribution in [-0.4, -0.2) is 39.4 Å². The highest BCUT2D eigenvalue weighted by Crippen LogP contribution is 2.34. The fraction of sp³-hybridized carbons (Fsp3) is 0.304. The summed E-state index contributed by atoms with van der Waals surface area (Å²) in [6, 6.07) is 11.8. The van der Waals surface area contributed by atoms with Gasteiger partial charge in [0.05, 0.1) is 35.5 Å². The molecule has 3 rings (SSSR count). The largest absolute Gasteiger partial charge is 0.494 e. The van der Waals surface area contributed by atoms with Crippen molar-refractivity contribution in [2.45, 2.75) is 31.7 Å². The molecule has 0 radical (unpaired) electrons. The van der Waals surface area contributed by atoms with E-state index in [1.807, 2.05) is 13.8 Å². The van der Waals surface area contributed by atoms with Gasteiger partial charge in [-0.05, 0) is 39.0 Å². The van der Waals surface area contributed by atoms with Crippen LogP contribution in [0.2, 0.25) is 0 Å². The summed E-state index contributed by atoms with van der Waals surface area (Å²) < 4.78 is 37.0. The van der Waals surface area contributed by atoms with Gasteiger partial charge in [-0.25, -0.2) is 18.0 Å². The number of benzene rings is 2. The normalized spacial score (nSPS) is 16.2. The average Bonchev–Trinajstić information content (AvgIpc) is 2.74. The molecule has 0 bridgehead atoms. The molecule has 0 unspecified atom stereocenters. The summed E-state index contributed by atoms with van der Waals surface area (Å²) in [4.78, 5) is 25.5. The summed E-state index contributed by atoms with van der Waals surface area (Å²) in [6.45, 7) is 5.79. The van der Waals surface area contributed by atoms with Crippen molar-refractivity contribution < 1.29 is 27.5 Å². The third-order valence-electron chi connectivity index (χ3n) is 4.89. The Balaban J connectivity index is 2.12. The Bertz CT molecular complexity index is 1140. The summed E-state index contributed by atoms with van der Waals surface area (Å²) in [5.74, 6) is -0.805. The first-order valence-corrected chi connectivity index (χ1v) is 11.9. The number of esters is 1. The second-order valence-corrected chi connectivity index (χ2v) is 9.18. The molecule has 0 saturated carbocycles. The molecule has 0 fully saturated rings. The number of aryl methyl sites for hydroxylation is 1. The van der Waals surface area contributed by atoms with Crippen molar-refractivity contribution in [1.29, 1.82) is 0 Å². The predicted molar refractivity (Wildman–Crippen MR) is 119 cm³/mol. The van der Waals surface area contributed by atoms with Gasteiger partial charge in [0.2, 0.25) is 0 Å². The maximum Gasteiger partial charge on any atom is 0.338 e. The Labute approximate surface area is 187 Å². The van der Waals surface area contributed by atoms with Gasteiger partial charge in [-0.15, -0.1) is 0 Å². The van der Waals surface area contributed by atoms with Crippen LogP contribution in [0.5, 0.6) is 5.75 Å². The van der Waals surface area contributed by atoms with Crippen LogP contribution in [0, 0.1) is 6.92 Å². The van der Waals surface area contributed by atoms with Gasteiger partial charge in [0.25, 0.3) is 0 Å². The summed E-state index contributed by atoms with van der Waals surface area (Å²) in [5.41, 5.74) is 1.44. The number of sulfone groups is 1. The molecular formula is C23H26N2O6S. The first-order valence-electron chi connectivity index (χ1n) is 10.3. The third-order valence-corrected chi connectivity index (χ3v) is 6.55. The molecule has 0 aliphatic carbocycles. The minimum atomic E-state index is -3.85. The standard InChI is InChI=1S/C23H26N2O6S/c1-4-30-19-9-7-6-8-17(19)21-20(22(26)31-5-2)18(24-23(27)25-21)14-32(28,29)16-12-10-15(3)11-13-16/h6-13,21H,4-5,14H2,1-3H3,(H2,24,25,27)/t21-/m0/s1. The Morgan fingerprint density at radius 1 is 1.03 bits per heavy atom. The minimum absolute atomic E-state index is 0.0225. The number of para-hydroxylation sites is 1. The van der Waals surface area contributed by atoms with E-state index in [-0.39, 0.29) is 22.8 Å². The van der Waals surface area contributed by atoms with Crippen molar-refractivity contribution in [3.8, 4) is 5.75 Å². The van der Waals surface area contributed by atoms with E-state index in [2.05, 4.69) is 10.6 Å². The number of hydrogen-bond acceptors (Lipinski definition) is 6. The van der Waals surface area contributed by atoms with Crippen LogP contribution in [0.1, 0.15) is 31.0 Å². The first-order chi connectivity index (χ1) is 15.3. The average molecular weight is 459 g/mol. The smallest absolute Gasteiger partial charge is 0.338 e. The number of hydrogen-bond donors (Lipinski definition) is 2. The monoisotopic (exact) mass is 458 g/mol. The van der Waals surface area contributed by atoms with E-state index in [0.29, 0.717) is 17.9 Å². The van der Waals surface area contributed by atoms with Gasteiger partial charge in [-0.3, -0.25) is 0 Å². The molecule has 1 aliphatic rings. The molecule has 2 N–H and O–H groups in total. The van der Waals surface area contributed by atoms with Crippen molar-refractivity contribution >= 4 is 21.8 Å². The number of rotatable bonds is 8. The lowest BCUT2D eigenvalue weighted by Crippen LogP contribution is -2.47. The fourth-order valence-corrected chi connectivity index (χ4v) is 4.76. The van der Waals surface area contributed by atoms with Gasteiger partial charge in [0.15, 0.2) is 9.84 Å². The molecule has 8 nitrogen and oxygen atoms in total. The Morgan fingerprint density at radius 3 is 2.38 bits per heavy atom. The van der Waals surface area contributed by atoms with E-state index >= 15 is 0 Å². The van der Waals surface area contributed by atoms with Crippen LogP contribution >= 0.6 is 0 Å². The highest BCUT2D eigenvalue weighted by molar-refractivity contribution is 7.91. The summed E-state index contributed by atoms with van der Waals surface area (Å²) >= 11 is 0. The number of ether oxygens (including phenoxy) is 2. The summed E-state index contributed by atoms with van der Waals surface area (Å²) in [5, 5.41) is 5.20. The quantitative estimate of drug-likeness (QED) is 0.589. The third kappa shape index (κ3) is 5.11. The topological polar surface area (TPSA) is 111 Å². The predicted octanol–water partition coefficient (Wildman–Crippen LogP) is 3.04. The Morgan fingerprint density at radius 2 is 1.72 bits per heavy atom. The Kier molecular flexibility index (Phi) is 7.19. The van der Waals surface area contributed by atoms with Crippen molar-refractivity contribution in [2.75, 3.05) is 19.0 Å². The van der Waals surface area contributed by atoms with Gasteiger partial charge < -0.3 is 20.1 Å². The molecule has 1 atom stereocenters. The number of urea groups is 1. The maximum absolute atomic E-state index is 13.1. The zero-order valence-corrected chi connectivity index (χ0v) is 19.0. The van der Waals surface area contributed by atoms with E-state index in [1.165, 1.54) is 12.1 Å². The highest BCUT2D eigenvalue weighted by Gasteiger charge is 2.37. The lowest BCUT2D eigenvalue weighted by Gasteiger charge is -2.30. The van der Waals surface area contributed by atoms with Crippen molar-refractivity contribution in [1.82, 2.24) is 10.6 Å². The molecule has 2 aromatic rings. The van der Waals surface area contributed by atoms with Crippen LogP contribution in [0.4, 0.5) is 4.79 Å². The number of carbonyl (C=O) groups is 2. The molecule has 0 saturated heterocycles. The molecule has 0 spiro atoms. The number of nitrogens with one attached hydrogen (secondary N) is 2. The minimum Gasteiger partial charge on any atom is -0.494 e. The van der Waals surface area contributed by atoms with Crippen LogP contribution < -0.4 is 15.4 Å². The number of carbonyl (C=O) groups excluding carboxylic acids is 2. The first kappa shape index (κ1) is 23.3. The lowest BCUT2D eigenvalue weighted by molar-refractivity contribution is -0.139. The van der Waals surface area contributed by atoms with Gasteiger partial charge in [0, 0.05) is 11.3 Å². The molecule has 2 aromatic carbocycles.